The Morgan fingerprint density at radius 2 is 1.31 bits per heavy atom. The molecule has 2 unspecified atom stereocenters. The normalized spacial score (nSPS) is 17.7. The van der Waals surface area contributed by atoms with Crippen LogP contribution in [0.5, 0.6) is 0 Å². The molecule has 35 heavy (non-hydrogen) atoms. The molecule has 1 aliphatic rings. The van der Waals surface area contributed by atoms with E-state index in [1.165, 1.54) is 24.3 Å². The molecule has 0 saturated carbocycles. The van der Waals surface area contributed by atoms with Crippen molar-refractivity contribution in [3.63, 3.8) is 0 Å². The van der Waals surface area contributed by atoms with Crippen LogP contribution in [0.25, 0.3) is 0 Å². The Labute approximate surface area is 204 Å². The molecule has 0 spiro atoms. The molecule has 0 bridgehead atoms. The number of sulfone groups is 1. The Hall–Kier alpha value is -2.49. The molecule has 1 fully saturated rings. The highest BCUT2D eigenvalue weighted by molar-refractivity contribution is 7.91. The van der Waals surface area contributed by atoms with Gasteiger partial charge in [0.25, 0.3) is 0 Å². The molecule has 3 aromatic rings. The highest BCUT2D eigenvalue weighted by Gasteiger charge is 2.52. The van der Waals surface area contributed by atoms with Crippen molar-refractivity contribution in [3.8, 4) is 0 Å². The summed E-state index contributed by atoms with van der Waals surface area (Å²) in [7, 11) is -4.61. The van der Waals surface area contributed by atoms with Crippen molar-refractivity contribution in [2.24, 2.45) is 0 Å². The van der Waals surface area contributed by atoms with Crippen LogP contribution in [0.4, 0.5) is 22.0 Å². The van der Waals surface area contributed by atoms with Crippen LogP contribution in [0.3, 0.4) is 0 Å². The van der Waals surface area contributed by atoms with E-state index in [-0.39, 0.29) is 35.8 Å². The van der Waals surface area contributed by atoms with E-state index in [1.54, 1.807) is 0 Å². The van der Waals surface area contributed by atoms with Gasteiger partial charge in [-0.3, -0.25) is 0 Å². The number of hydrogen-bond donors (Lipinski definition) is 1. The van der Waals surface area contributed by atoms with Crippen LogP contribution in [0.1, 0.15) is 35.1 Å². The van der Waals surface area contributed by atoms with Gasteiger partial charge in [0.15, 0.2) is 9.84 Å². The van der Waals surface area contributed by atoms with Gasteiger partial charge in [-0.15, -0.1) is 0 Å². The third-order valence-electron chi connectivity index (χ3n) is 6.34. The minimum Gasteiger partial charge on any atom is -0.316 e. The van der Waals surface area contributed by atoms with Gasteiger partial charge in [-0.2, -0.15) is 0 Å². The first-order valence-corrected chi connectivity index (χ1v) is 12.7. The van der Waals surface area contributed by atoms with E-state index in [0.29, 0.717) is 12.1 Å². The first-order valence-electron chi connectivity index (χ1n) is 10.8. The smallest absolute Gasteiger partial charge is 0.186 e. The van der Waals surface area contributed by atoms with E-state index in [4.69, 9.17) is 11.6 Å². The Morgan fingerprint density at radius 1 is 0.800 bits per heavy atom. The number of piperidine rings is 1. The summed E-state index contributed by atoms with van der Waals surface area (Å²) >= 11 is 5.89. The van der Waals surface area contributed by atoms with Gasteiger partial charge < -0.3 is 5.32 Å². The zero-order chi connectivity index (χ0) is 25.4. The molecule has 0 radical (unpaired) electrons. The molecule has 1 aliphatic heterocycles. The monoisotopic (exact) mass is 529 g/mol. The lowest BCUT2D eigenvalue weighted by Crippen LogP contribution is -2.46. The summed E-state index contributed by atoms with van der Waals surface area (Å²) in [5, 5.41) is 1.20. The average Bonchev–Trinajstić information content (AvgIpc) is 2.79. The van der Waals surface area contributed by atoms with Crippen molar-refractivity contribution in [1.82, 2.24) is 5.32 Å². The standard InChI is InChI=1S/C25H21ClF5NO2S/c26-15-1-5-18(6-2-15)35(33,34)24(20-8-4-17(28)14-22(20)30)23(25(31)9-11-32-12-10-25)19-7-3-16(27)13-21(19)29/h1-8,13-14,23-24,32H,9-12H2. The second kappa shape index (κ2) is 9.87. The van der Waals surface area contributed by atoms with Crippen molar-refractivity contribution in [2.45, 2.75) is 34.6 Å². The summed E-state index contributed by atoms with van der Waals surface area (Å²) in [4.78, 5) is -0.305. The molecule has 0 aliphatic carbocycles. The van der Waals surface area contributed by atoms with E-state index in [0.717, 1.165) is 24.3 Å². The number of alkyl halides is 1. The lowest BCUT2D eigenvalue weighted by Gasteiger charge is -2.41. The lowest BCUT2D eigenvalue weighted by atomic mass is 9.74. The fourth-order valence-corrected chi connectivity index (χ4v) is 6.86. The third-order valence-corrected chi connectivity index (χ3v) is 8.71. The van der Waals surface area contributed by atoms with Crippen LogP contribution in [0.15, 0.2) is 65.6 Å². The summed E-state index contributed by atoms with van der Waals surface area (Å²) in [5.41, 5.74) is -3.25. The van der Waals surface area contributed by atoms with Gasteiger partial charge in [-0.1, -0.05) is 23.7 Å². The number of halogens is 6. The topological polar surface area (TPSA) is 46.2 Å². The largest absolute Gasteiger partial charge is 0.316 e. The summed E-state index contributed by atoms with van der Waals surface area (Å²) in [6.45, 7) is 0.324. The average molecular weight is 530 g/mol. The molecule has 3 aromatic carbocycles. The van der Waals surface area contributed by atoms with Crippen LogP contribution in [0.2, 0.25) is 5.02 Å². The molecule has 10 heteroatoms. The van der Waals surface area contributed by atoms with Crippen LogP contribution in [-0.2, 0) is 9.84 Å². The second-order valence-electron chi connectivity index (χ2n) is 8.51. The van der Waals surface area contributed by atoms with Crippen LogP contribution >= 0.6 is 11.6 Å². The molecule has 1 heterocycles. The molecular formula is C25H21ClF5NO2S. The molecule has 0 aromatic heterocycles. The number of hydrogen-bond acceptors (Lipinski definition) is 3. The summed E-state index contributed by atoms with van der Waals surface area (Å²) < 4.78 is 102. The van der Waals surface area contributed by atoms with Gasteiger partial charge in [-0.25, -0.2) is 30.4 Å². The maximum atomic E-state index is 16.7. The lowest BCUT2D eigenvalue weighted by molar-refractivity contribution is 0.0766. The fraction of sp³-hybridized carbons (Fsp3) is 0.280. The van der Waals surface area contributed by atoms with Crippen molar-refractivity contribution < 1.29 is 30.4 Å². The first kappa shape index (κ1) is 25.6. The molecule has 2 atom stereocenters. The van der Waals surface area contributed by atoms with Gasteiger partial charge in [0.05, 0.1) is 4.90 Å². The zero-order valence-electron chi connectivity index (χ0n) is 18.2. The van der Waals surface area contributed by atoms with E-state index < -0.39 is 61.1 Å². The Balaban J connectivity index is 2.04. The maximum Gasteiger partial charge on any atom is 0.186 e. The van der Waals surface area contributed by atoms with E-state index in [2.05, 4.69) is 5.32 Å². The fourth-order valence-electron chi connectivity index (χ4n) is 4.65. The molecule has 0 amide bonds. The predicted octanol–water partition coefficient (Wildman–Crippen LogP) is 6.29. The highest BCUT2D eigenvalue weighted by atomic mass is 35.5. The van der Waals surface area contributed by atoms with Gasteiger partial charge in [0.2, 0.25) is 0 Å². The summed E-state index contributed by atoms with van der Waals surface area (Å²) in [6, 6.07) is 9.62. The Morgan fingerprint density at radius 3 is 1.83 bits per heavy atom. The number of nitrogens with one attached hydrogen (secondary N) is 1. The number of rotatable bonds is 6. The molecule has 1 N–H and O–H groups in total. The molecule has 186 valence electrons. The Bertz CT molecular complexity index is 1330. The maximum absolute atomic E-state index is 16.7. The zero-order valence-corrected chi connectivity index (χ0v) is 19.8. The summed E-state index contributed by atoms with van der Waals surface area (Å²) in [6.07, 6.45) is -0.409. The minimum absolute atomic E-state index is 0.162. The first-order chi connectivity index (χ1) is 16.5. The van der Waals surface area contributed by atoms with Crippen molar-refractivity contribution in [3.05, 3.63) is 100 Å². The third kappa shape index (κ3) is 5.08. The van der Waals surface area contributed by atoms with Gasteiger partial charge >= 0.3 is 0 Å². The molecule has 1 saturated heterocycles. The minimum atomic E-state index is -4.61. The molecule has 3 nitrogen and oxygen atoms in total. The van der Waals surface area contributed by atoms with E-state index in [9.17, 15) is 17.2 Å². The molecule has 4 rings (SSSR count). The molecular weight excluding hydrogens is 509 g/mol. The van der Waals surface area contributed by atoms with Crippen molar-refractivity contribution in [2.75, 3.05) is 13.1 Å². The van der Waals surface area contributed by atoms with E-state index >= 15 is 13.2 Å². The van der Waals surface area contributed by atoms with Crippen LogP contribution < -0.4 is 5.32 Å². The predicted molar refractivity (Wildman–Crippen MR) is 123 cm³/mol. The Kier molecular flexibility index (Phi) is 7.22. The van der Waals surface area contributed by atoms with Gasteiger partial charge in [-0.05, 0) is 67.9 Å². The quantitative estimate of drug-likeness (QED) is 0.382. The van der Waals surface area contributed by atoms with E-state index in [1.807, 2.05) is 0 Å². The van der Waals surface area contributed by atoms with Crippen molar-refractivity contribution >= 4 is 21.4 Å². The van der Waals surface area contributed by atoms with Gasteiger partial charge in [0.1, 0.15) is 34.2 Å². The number of benzene rings is 3. The van der Waals surface area contributed by atoms with Crippen molar-refractivity contribution in [1.29, 1.82) is 0 Å². The SMILES string of the molecule is O=S(=O)(c1ccc(Cl)cc1)C(c1ccc(F)cc1F)C(c1ccc(F)cc1F)C1(F)CCNCC1. The summed E-state index contributed by atoms with van der Waals surface area (Å²) in [5.74, 6) is -6.06. The van der Waals surface area contributed by atoms with Crippen LogP contribution in [0, 0.1) is 23.3 Å². The second-order valence-corrected chi connectivity index (χ2v) is 11.0. The van der Waals surface area contributed by atoms with Gasteiger partial charge in [0, 0.05) is 28.6 Å². The highest BCUT2D eigenvalue weighted by Crippen LogP contribution is 2.52. The van der Waals surface area contributed by atoms with Crippen LogP contribution in [-0.4, -0.2) is 27.2 Å².